The van der Waals surface area contributed by atoms with Crippen molar-refractivity contribution in [3.05, 3.63) is 27.2 Å². The molecule has 74 valence electrons. The van der Waals surface area contributed by atoms with Crippen LogP contribution in [0.2, 0.25) is 0 Å². The van der Waals surface area contributed by atoms with Crippen LogP contribution in [0.25, 0.3) is 10.2 Å². The van der Waals surface area contributed by atoms with Gasteiger partial charge in [-0.3, -0.25) is 0 Å². The van der Waals surface area contributed by atoms with E-state index in [0.717, 1.165) is 21.4 Å². The van der Waals surface area contributed by atoms with E-state index in [2.05, 4.69) is 40.0 Å². The number of hydrogen-bond acceptors (Lipinski definition) is 3. The normalized spacial score (nSPS) is 11.1. The Morgan fingerprint density at radius 3 is 3.00 bits per heavy atom. The number of nitrogens with two attached hydrogens (primary N) is 1. The van der Waals surface area contributed by atoms with Crippen molar-refractivity contribution in [2.45, 2.75) is 13.3 Å². The molecule has 0 saturated carbocycles. The van der Waals surface area contributed by atoms with Crippen molar-refractivity contribution in [3.63, 3.8) is 0 Å². The summed E-state index contributed by atoms with van der Waals surface area (Å²) in [5.41, 5.74) is 7.84. The molecule has 0 aliphatic rings. The minimum absolute atomic E-state index is 0.667. The average Bonchev–Trinajstić information content (AvgIpc) is 2.48. The third kappa shape index (κ3) is 1.82. The molecule has 0 fully saturated rings. The second-order valence-corrected chi connectivity index (χ2v) is 5.25. The van der Waals surface area contributed by atoms with Crippen molar-refractivity contribution in [3.8, 4) is 0 Å². The predicted octanol–water partition coefficient (Wildman–Crippen LogP) is 2.87. The Morgan fingerprint density at radius 1 is 1.50 bits per heavy atom. The smallest absolute Gasteiger partial charge is 0.0951 e. The third-order valence-electron chi connectivity index (χ3n) is 2.05. The first-order valence-corrected chi connectivity index (χ1v) is 6.07. The van der Waals surface area contributed by atoms with Gasteiger partial charge in [-0.25, -0.2) is 4.98 Å². The van der Waals surface area contributed by atoms with Crippen LogP contribution in [0.3, 0.4) is 0 Å². The van der Waals surface area contributed by atoms with Crippen molar-refractivity contribution in [2.24, 2.45) is 5.73 Å². The molecule has 0 bridgehead atoms. The van der Waals surface area contributed by atoms with Crippen molar-refractivity contribution in [2.75, 3.05) is 6.54 Å². The highest BCUT2D eigenvalue weighted by Crippen LogP contribution is 2.28. The van der Waals surface area contributed by atoms with E-state index in [0.29, 0.717) is 6.54 Å². The van der Waals surface area contributed by atoms with Gasteiger partial charge < -0.3 is 5.73 Å². The van der Waals surface area contributed by atoms with E-state index in [4.69, 9.17) is 5.73 Å². The van der Waals surface area contributed by atoms with E-state index >= 15 is 0 Å². The lowest BCUT2D eigenvalue weighted by Crippen LogP contribution is -2.01. The van der Waals surface area contributed by atoms with Crippen LogP contribution in [0.1, 0.15) is 10.6 Å². The molecule has 2 aromatic rings. The van der Waals surface area contributed by atoms with E-state index in [9.17, 15) is 0 Å². The van der Waals surface area contributed by atoms with Gasteiger partial charge in [-0.15, -0.1) is 11.3 Å². The summed E-state index contributed by atoms with van der Waals surface area (Å²) in [7, 11) is 0. The molecule has 0 spiro atoms. The molecule has 0 aliphatic carbocycles. The Balaban J connectivity index is 2.58. The number of nitrogens with zero attached hydrogens (tertiary/aromatic N) is 1. The number of hydrogen-bond donors (Lipinski definition) is 1. The zero-order valence-electron chi connectivity index (χ0n) is 7.88. The van der Waals surface area contributed by atoms with Gasteiger partial charge in [0, 0.05) is 10.9 Å². The van der Waals surface area contributed by atoms with Crippen LogP contribution in [0.15, 0.2) is 16.6 Å². The molecule has 0 amide bonds. The fraction of sp³-hybridized carbons (Fsp3) is 0.300. The molecule has 2 N–H and O–H groups in total. The van der Waals surface area contributed by atoms with Crippen molar-refractivity contribution >= 4 is 37.5 Å². The Hall–Kier alpha value is -0.450. The first-order chi connectivity index (χ1) is 6.70. The zero-order valence-corrected chi connectivity index (χ0v) is 10.3. The van der Waals surface area contributed by atoms with Gasteiger partial charge in [-0.2, -0.15) is 0 Å². The first-order valence-electron chi connectivity index (χ1n) is 4.46. The summed E-state index contributed by atoms with van der Waals surface area (Å²) in [6.45, 7) is 2.75. The molecule has 2 rings (SSSR count). The molecule has 14 heavy (non-hydrogen) atoms. The largest absolute Gasteiger partial charge is 0.330 e. The minimum atomic E-state index is 0.667. The zero-order chi connectivity index (χ0) is 10.1. The molecule has 0 saturated heterocycles. The topological polar surface area (TPSA) is 38.9 Å². The third-order valence-corrected chi connectivity index (χ3v) is 3.57. The lowest BCUT2D eigenvalue weighted by molar-refractivity contribution is 0.957. The maximum absolute atomic E-state index is 5.51. The van der Waals surface area contributed by atoms with Crippen LogP contribution in [0, 0.1) is 6.92 Å². The van der Waals surface area contributed by atoms with Crippen LogP contribution in [0.5, 0.6) is 0 Å². The van der Waals surface area contributed by atoms with Crippen LogP contribution >= 0.6 is 27.3 Å². The van der Waals surface area contributed by atoms with Gasteiger partial charge in [0.2, 0.25) is 0 Å². The number of fused-ring (bicyclic) bond motifs is 1. The fourth-order valence-corrected chi connectivity index (χ4v) is 3.25. The number of benzene rings is 1. The first kappa shape index (κ1) is 10.1. The number of rotatable bonds is 2. The SMILES string of the molecule is Cc1cc(Br)cc2sc(CCN)nc12. The lowest BCUT2D eigenvalue weighted by atomic mass is 10.2. The summed E-state index contributed by atoms with van der Waals surface area (Å²) in [6.07, 6.45) is 0.871. The Bertz CT molecular complexity index is 464. The number of thiazole rings is 1. The quantitative estimate of drug-likeness (QED) is 0.912. The highest BCUT2D eigenvalue weighted by atomic mass is 79.9. The second kappa shape index (κ2) is 3.96. The van der Waals surface area contributed by atoms with Gasteiger partial charge in [-0.05, 0) is 31.2 Å². The minimum Gasteiger partial charge on any atom is -0.330 e. The number of aromatic nitrogens is 1. The van der Waals surface area contributed by atoms with Crippen molar-refractivity contribution < 1.29 is 0 Å². The molecule has 4 heteroatoms. The van der Waals surface area contributed by atoms with Crippen LogP contribution in [0.4, 0.5) is 0 Å². The molecule has 2 nitrogen and oxygen atoms in total. The molecule has 0 aliphatic heterocycles. The van der Waals surface area contributed by atoms with Gasteiger partial charge >= 0.3 is 0 Å². The van der Waals surface area contributed by atoms with E-state index < -0.39 is 0 Å². The lowest BCUT2D eigenvalue weighted by Gasteiger charge is -1.94. The molecule has 1 aromatic carbocycles. The number of aryl methyl sites for hydroxylation is 1. The second-order valence-electron chi connectivity index (χ2n) is 3.22. The summed E-state index contributed by atoms with van der Waals surface area (Å²) in [4.78, 5) is 4.56. The summed E-state index contributed by atoms with van der Waals surface area (Å²) >= 11 is 5.21. The van der Waals surface area contributed by atoms with Gasteiger partial charge in [0.05, 0.1) is 15.2 Å². The van der Waals surface area contributed by atoms with E-state index in [1.807, 2.05) is 0 Å². The Morgan fingerprint density at radius 2 is 2.29 bits per heavy atom. The van der Waals surface area contributed by atoms with Gasteiger partial charge in [-0.1, -0.05) is 15.9 Å². The summed E-state index contributed by atoms with van der Waals surface area (Å²) in [5, 5.41) is 1.13. The predicted molar refractivity (Wildman–Crippen MR) is 64.8 cm³/mol. The maximum Gasteiger partial charge on any atom is 0.0951 e. The molecule has 1 aromatic heterocycles. The maximum atomic E-state index is 5.51. The summed E-state index contributed by atoms with van der Waals surface area (Å²) in [6, 6.07) is 4.20. The molecule has 0 radical (unpaired) electrons. The summed E-state index contributed by atoms with van der Waals surface area (Å²) < 4.78 is 2.35. The highest BCUT2D eigenvalue weighted by Gasteiger charge is 2.06. The van der Waals surface area contributed by atoms with Crippen LogP contribution < -0.4 is 5.73 Å². The van der Waals surface area contributed by atoms with Crippen molar-refractivity contribution in [1.82, 2.24) is 4.98 Å². The summed E-state index contributed by atoms with van der Waals surface area (Å²) in [5.74, 6) is 0. The Labute approximate surface area is 95.3 Å². The van der Waals surface area contributed by atoms with Gasteiger partial charge in [0.15, 0.2) is 0 Å². The van der Waals surface area contributed by atoms with Crippen LogP contribution in [-0.4, -0.2) is 11.5 Å². The molecular weight excluding hydrogens is 260 g/mol. The molecule has 0 atom stereocenters. The molecule has 0 unspecified atom stereocenters. The van der Waals surface area contributed by atoms with Gasteiger partial charge in [0.25, 0.3) is 0 Å². The van der Waals surface area contributed by atoms with Gasteiger partial charge in [0.1, 0.15) is 0 Å². The van der Waals surface area contributed by atoms with E-state index in [-0.39, 0.29) is 0 Å². The van der Waals surface area contributed by atoms with E-state index in [1.165, 1.54) is 10.3 Å². The Kier molecular flexibility index (Phi) is 2.85. The average molecular weight is 271 g/mol. The van der Waals surface area contributed by atoms with E-state index in [1.54, 1.807) is 11.3 Å². The standard InChI is InChI=1S/C10H11BrN2S/c1-6-4-7(11)5-8-10(6)13-9(14-8)2-3-12/h4-5H,2-3,12H2,1H3. The molecule has 1 heterocycles. The number of halogens is 1. The highest BCUT2D eigenvalue weighted by molar-refractivity contribution is 9.10. The van der Waals surface area contributed by atoms with Crippen molar-refractivity contribution in [1.29, 1.82) is 0 Å². The van der Waals surface area contributed by atoms with Crippen LogP contribution in [-0.2, 0) is 6.42 Å². The fourth-order valence-electron chi connectivity index (χ4n) is 1.43. The molecular formula is C10H11BrN2S. The monoisotopic (exact) mass is 270 g/mol.